The molecule has 0 aliphatic carbocycles. The summed E-state index contributed by atoms with van der Waals surface area (Å²) in [7, 11) is 0. The van der Waals surface area contributed by atoms with Crippen LogP contribution in [0, 0.1) is 6.57 Å². The van der Waals surface area contributed by atoms with Gasteiger partial charge < -0.3 is 4.85 Å². The highest BCUT2D eigenvalue weighted by Crippen LogP contribution is 2.07. The monoisotopic (exact) mass is 119 g/mol. The maximum atomic E-state index is 11.5. The van der Waals surface area contributed by atoms with Crippen molar-refractivity contribution in [3.8, 4) is 0 Å². The second-order valence-electron chi connectivity index (χ2n) is 1.44. The summed E-state index contributed by atoms with van der Waals surface area (Å²) in [6.07, 6.45) is -2.24. The van der Waals surface area contributed by atoms with Crippen molar-refractivity contribution in [2.45, 2.75) is 25.8 Å². The summed E-state index contributed by atoms with van der Waals surface area (Å²) in [6.45, 7) is 7.81. The number of alkyl halides is 2. The number of nitrogens with zero attached hydrogens (tertiary/aromatic N) is 1. The Kier molecular flexibility index (Phi) is 3.09. The van der Waals surface area contributed by atoms with Gasteiger partial charge in [-0.1, -0.05) is 6.92 Å². The molecular formula is C5H7F2N. The Balaban J connectivity index is 3.57. The molecule has 8 heavy (non-hydrogen) atoms. The Hall–Kier alpha value is -0.650. The average Bonchev–Trinajstić information content (AvgIpc) is 1.69. The molecule has 0 radical (unpaired) electrons. The van der Waals surface area contributed by atoms with E-state index < -0.39 is 12.5 Å². The first-order valence-corrected chi connectivity index (χ1v) is 2.37. The molecule has 1 nitrogen and oxygen atoms in total. The van der Waals surface area contributed by atoms with E-state index in [2.05, 4.69) is 4.85 Å². The first-order valence-electron chi connectivity index (χ1n) is 2.37. The van der Waals surface area contributed by atoms with E-state index in [0.717, 1.165) is 0 Å². The van der Waals surface area contributed by atoms with Crippen LogP contribution in [0.25, 0.3) is 4.85 Å². The van der Waals surface area contributed by atoms with Gasteiger partial charge in [-0.05, 0) is 0 Å². The molecule has 46 valence electrons. The average molecular weight is 119 g/mol. The number of hydrogen-bond acceptors (Lipinski definition) is 0. The van der Waals surface area contributed by atoms with E-state index >= 15 is 0 Å². The molecule has 0 aliphatic rings. The van der Waals surface area contributed by atoms with Crippen LogP contribution in [-0.4, -0.2) is 12.5 Å². The molecule has 0 aromatic heterocycles. The van der Waals surface area contributed by atoms with Gasteiger partial charge in [-0.2, -0.15) is 0 Å². The minimum absolute atomic E-state index is 0.237. The van der Waals surface area contributed by atoms with Crippen LogP contribution in [-0.2, 0) is 0 Å². The third kappa shape index (κ3) is 1.87. The molecule has 0 rings (SSSR count). The molecule has 0 saturated heterocycles. The summed E-state index contributed by atoms with van der Waals surface area (Å²) in [4.78, 5) is 2.71. The molecule has 1 unspecified atom stereocenters. The van der Waals surface area contributed by atoms with Crippen molar-refractivity contribution in [1.82, 2.24) is 0 Å². The zero-order valence-electron chi connectivity index (χ0n) is 4.56. The van der Waals surface area contributed by atoms with Crippen molar-refractivity contribution in [3.63, 3.8) is 0 Å². The summed E-state index contributed by atoms with van der Waals surface area (Å²) < 4.78 is 23.0. The minimum Gasteiger partial charge on any atom is -0.307 e. The zero-order chi connectivity index (χ0) is 6.57. The molecule has 0 heterocycles. The van der Waals surface area contributed by atoms with Gasteiger partial charge in [0.2, 0.25) is 0 Å². The smallest absolute Gasteiger partial charge is 0.307 e. The SMILES string of the molecule is [C-]#[N+]C(CC)C(F)F. The quantitative estimate of drug-likeness (QED) is 0.489. The van der Waals surface area contributed by atoms with Crippen LogP contribution in [0.4, 0.5) is 8.78 Å². The van der Waals surface area contributed by atoms with E-state index in [1.165, 1.54) is 0 Å². The summed E-state index contributed by atoms with van der Waals surface area (Å²) in [5, 5.41) is 0. The van der Waals surface area contributed by atoms with Gasteiger partial charge in [0.1, 0.15) is 0 Å². The lowest BCUT2D eigenvalue weighted by atomic mass is 10.2. The minimum atomic E-state index is -2.47. The van der Waals surface area contributed by atoms with Gasteiger partial charge in [-0.15, -0.1) is 0 Å². The Bertz CT molecular complexity index is 95.1. The molecule has 0 amide bonds. The fourth-order valence-corrected chi connectivity index (χ4v) is 0.326. The molecule has 0 bridgehead atoms. The first-order chi connectivity index (χ1) is 3.72. The molecule has 3 heteroatoms. The van der Waals surface area contributed by atoms with Crippen LogP contribution < -0.4 is 0 Å². The van der Waals surface area contributed by atoms with Crippen LogP contribution in [0.15, 0.2) is 0 Å². The van der Waals surface area contributed by atoms with E-state index in [1.54, 1.807) is 6.92 Å². The van der Waals surface area contributed by atoms with Gasteiger partial charge in [-0.3, -0.25) is 0 Å². The number of halogens is 2. The lowest BCUT2D eigenvalue weighted by molar-refractivity contribution is 0.128. The fourth-order valence-electron chi connectivity index (χ4n) is 0.326. The molecule has 0 fully saturated rings. The Labute approximate surface area is 47.1 Å². The largest absolute Gasteiger partial charge is 0.311 e. The lowest BCUT2D eigenvalue weighted by Crippen LogP contribution is -2.11. The molecule has 0 N–H and O–H groups in total. The lowest BCUT2D eigenvalue weighted by Gasteiger charge is -1.96. The molecule has 0 spiro atoms. The number of rotatable bonds is 2. The molecular weight excluding hydrogens is 112 g/mol. The van der Waals surface area contributed by atoms with Crippen molar-refractivity contribution in [1.29, 1.82) is 0 Å². The molecule has 0 aliphatic heterocycles. The summed E-state index contributed by atoms with van der Waals surface area (Å²) in [5.41, 5.74) is 0. The molecule has 1 atom stereocenters. The molecule has 0 aromatic rings. The van der Waals surface area contributed by atoms with Crippen molar-refractivity contribution in [2.24, 2.45) is 0 Å². The third-order valence-corrected chi connectivity index (χ3v) is 0.875. The maximum Gasteiger partial charge on any atom is 0.311 e. The van der Waals surface area contributed by atoms with Gasteiger partial charge in [0.25, 0.3) is 6.04 Å². The predicted molar refractivity (Wildman–Crippen MR) is 26.7 cm³/mol. The molecule has 0 saturated carbocycles. The van der Waals surface area contributed by atoms with Crippen LogP contribution in [0.1, 0.15) is 13.3 Å². The Morgan fingerprint density at radius 2 is 2.12 bits per heavy atom. The van der Waals surface area contributed by atoms with Crippen LogP contribution in [0.5, 0.6) is 0 Å². The van der Waals surface area contributed by atoms with Gasteiger partial charge in [0, 0.05) is 6.42 Å². The number of hydrogen-bond donors (Lipinski definition) is 0. The van der Waals surface area contributed by atoms with E-state index in [1.807, 2.05) is 0 Å². The van der Waals surface area contributed by atoms with Crippen molar-refractivity contribution in [3.05, 3.63) is 11.4 Å². The molecule has 0 aromatic carbocycles. The highest BCUT2D eigenvalue weighted by atomic mass is 19.3. The van der Waals surface area contributed by atoms with Crippen molar-refractivity contribution in [2.75, 3.05) is 0 Å². The Morgan fingerprint density at radius 3 is 2.12 bits per heavy atom. The van der Waals surface area contributed by atoms with Crippen LogP contribution in [0.2, 0.25) is 0 Å². The van der Waals surface area contributed by atoms with E-state index in [9.17, 15) is 8.78 Å². The van der Waals surface area contributed by atoms with Gasteiger partial charge in [0.05, 0.1) is 0 Å². The topological polar surface area (TPSA) is 4.36 Å². The van der Waals surface area contributed by atoms with Crippen LogP contribution >= 0.6 is 0 Å². The van der Waals surface area contributed by atoms with E-state index in [0.29, 0.717) is 0 Å². The van der Waals surface area contributed by atoms with Crippen molar-refractivity contribution >= 4 is 0 Å². The highest BCUT2D eigenvalue weighted by Gasteiger charge is 2.21. The van der Waals surface area contributed by atoms with E-state index in [4.69, 9.17) is 6.57 Å². The van der Waals surface area contributed by atoms with Crippen LogP contribution in [0.3, 0.4) is 0 Å². The van der Waals surface area contributed by atoms with Gasteiger partial charge in [0.15, 0.2) is 0 Å². The summed E-state index contributed by atoms with van der Waals surface area (Å²) in [6, 6.07) is -1.09. The summed E-state index contributed by atoms with van der Waals surface area (Å²) >= 11 is 0. The Morgan fingerprint density at radius 1 is 1.62 bits per heavy atom. The fraction of sp³-hybridized carbons (Fsp3) is 0.800. The van der Waals surface area contributed by atoms with Gasteiger partial charge >= 0.3 is 6.43 Å². The first kappa shape index (κ1) is 7.35. The predicted octanol–water partition coefficient (Wildman–Crippen LogP) is 1.95. The second kappa shape index (κ2) is 3.36. The van der Waals surface area contributed by atoms with E-state index in [-0.39, 0.29) is 6.42 Å². The maximum absolute atomic E-state index is 11.5. The third-order valence-electron chi connectivity index (χ3n) is 0.875. The zero-order valence-corrected chi connectivity index (χ0v) is 4.56. The van der Waals surface area contributed by atoms with Gasteiger partial charge in [-0.25, -0.2) is 15.4 Å². The normalized spacial score (nSPS) is 13.4. The second-order valence-corrected chi connectivity index (χ2v) is 1.44. The standard InChI is InChI=1S/C5H7F2N/c1-3-4(8-2)5(6)7/h4-5H,3H2,1H3. The summed E-state index contributed by atoms with van der Waals surface area (Å²) in [5.74, 6) is 0. The van der Waals surface area contributed by atoms with Crippen molar-refractivity contribution < 1.29 is 8.78 Å². The highest BCUT2D eigenvalue weighted by molar-refractivity contribution is 4.78.